The molecule has 4 nitrogen and oxygen atoms in total. The minimum Gasteiger partial charge on any atom is -0.406 e. The molecule has 0 atom stereocenters. The van der Waals surface area contributed by atoms with Crippen LogP contribution in [0.5, 0.6) is 5.75 Å². The fraction of sp³-hybridized carbons (Fsp3) is 0.0769. The fourth-order valence-electron chi connectivity index (χ4n) is 1.47. The molecule has 21 heavy (non-hydrogen) atoms. The summed E-state index contributed by atoms with van der Waals surface area (Å²) in [5, 5.41) is 2.68. The molecule has 0 saturated heterocycles. The van der Waals surface area contributed by atoms with Gasteiger partial charge in [0.1, 0.15) is 16.7 Å². The number of hydrogen-bond donors (Lipinski definition) is 1. The number of aromatic nitrogens is 1. The Balaban J connectivity index is 2.06. The van der Waals surface area contributed by atoms with Gasteiger partial charge in [0.25, 0.3) is 5.91 Å². The zero-order valence-corrected chi connectivity index (χ0v) is 11.1. The summed E-state index contributed by atoms with van der Waals surface area (Å²) in [5.41, 5.74) is 0.159. The van der Waals surface area contributed by atoms with Crippen molar-refractivity contribution in [3.8, 4) is 5.75 Å². The highest BCUT2D eigenvalue weighted by molar-refractivity contribution is 6.29. The van der Waals surface area contributed by atoms with Crippen LogP contribution < -0.4 is 10.1 Å². The molecule has 0 bridgehead atoms. The molecule has 0 radical (unpaired) electrons. The minimum atomic E-state index is -4.77. The molecule has 2 rings (SSSR count). The molecule has 8 heteroatoms. The number of carbonyl (C=O) groups is 1. The Kier molecular flexibility index (Phi) is 4.32. The van der Waals surface area contributed by atoms with Crippen LogP contribution in [0.15, 0.2) is 42.5 Å². The smallest absolute Gasteiger partial charge is 0.406 e. The van der Waals surface area contributed by atoms with Gasteiger partial charge in [-0.05, 0) is 36.4 Å². The van der Waals surface area contributed by atoms with Crippen LogP contribution in [0.2, 0.25) is 5.15 Å². The Hall–Kier alpha value is -2.28. The first-order valence-corrected chi connectivity index (χ1v) is 6.01. The maximum absolute atomic E-state index is 12.0. The van der Waals surface area contributed by atoms with Crippen molar-refractivity contribution < 1.29 is 22.7 Å². The van der Waals surface area contributed by atoms with Gasteiger partial charge in [-0.25, -0.2) is 4.98 Å². The second-order valence-electron chi connectivity index (χ2n) is 3.87. The molecule has 0 aliphatic carbocycles. The number of nitrogens with one attached hydrogen (secondary N) is 1. The summed E-state index contributed by atoms with van der Waals surface area (Å²) >= 11 is 5.67. The van der Waals surface area contributed by atoms with Gasteiger partial charge in [0.15, 0.2) is 0 Å². The SMILES string of the molecule is O=C(Nc1cccc(Cl)n1)c1ccc(OC(F)(F)F)cc1. The Morgan fingerprint density at radius 2 is 1.81 bits per heavy atom. The summed E-state index contributed by atoms with van der Waals surface area (Å²) in [7, 11) is 0. The van der Waals surface area contributed by atoms with Crippen LogP contribution in [0.1, 0.15) is 10.4 Å². The highest BCUT2D eigenvalue weighted by Gasteiger charge is 2.31. The number of carbonyl (C=O) groups excluding carboxylic acids is 1. The average Bonchev–Trinajstić information content (AvgIpc) is 2.37. The first-order valence-electron chi connectivity index (χ1n) is 5.63. The molecule has 1 aromatic heterocycles. The molecule has 0 fully saturated rings. The van der Waals surface area contributed by atoms with E-state index in [4.69, 9.17) is 11.6 Å². The van der Waals surface area contributed by atoms with Crippen molar-refractivity contribution in [3.63, 3.8) is 0 Å². The largest absolute Gasteiger partial charge is 0.573 e. The number of pyridine rings is 1. The van der Waals surface area contributed by atoms with Gasteiger partial charge in [0.2, 0.25) is 0 Å². The van der Waals surface area contributed by atoms with Gasteiger partial charge in [-0.2, -0.15) is 0 Å². The topological polar surface area (TPSA) is 51.2 Å². The second-order valence-corrected chi connectivity index (χ2v) is 4.26. The van der Waals surface area contributed by atoms with Crippen LogP contribution in [0.25, 0.3) is 0 Å². The number of benzene rings is 1. The molecule has 1 N–H and O–H groups in total. The molecule has 110 valence electrons. The summed E-state index contributed by atoms with van der Waals surface area (Å²) in [5.74, 6) is -0.689. The molecule has 0 aliphatic heterocycles. The van der Waals surface area contributed by atoms with Crippen molar-refractivity contribution in [2.24, 2.45) is 0 Å². The average molecular weight is 317 g/mol. The van der Waals surface area contributed by atoms with E-state index in [-0.39, 0.29) is 16.5 Å². The van der Waals surface area contributed by atoms with Gasteiger partial charge in [-0.3, -0.25) is 4.79 Å². The number of alkyl halides is 3. The summed E-state index contributed by atoms with van der Waals surface area (Å²) in [6.45, 7) is 0. The van der Waals surface area contributed by atoms with Gasteiger partial charge in [0.05, 0.1) is 0 Å². The Morgan fingerprint density at radius 1 is 1.14 bits per heavy atom. The molecule has 1 amide bonds. The Labute approximate surface area is 122 Å². The lowest BCUT2D eigenvalue weighted by Gasteiger charge is -2.09. The van der Waals surface area contributed by atoms with Crippen LogP contribution >= 0.6 is 11.6 Å². The van der Waals surface area contributed by atoms with Gasteiger partial charge >= 0.3 is 6.36 Å². The van der Waals surface area contributed by atoms with Crippen molar-refractivity contribution in [1.82, 2.24) is 4.98 Å². The monoisotopic (exact) mass is 316 g/mol. The lowest BCUT2D eigenvalue weighted by atomic mass is 10.2. The van der Waals surface area contributed by atoms with Crippen LogP contribution in [0.4, 0.5) is 19.0 Å². The van der Waals surface area contributed by atoms with E-state index in [1.165, 1.54) is 18.2 Å². The predicted octanol–water partition coefficient (Wildman–Crippen LogP) is 3.89. The van der Waals surface area contributed by atoms with E-state index in [0.717, 1.165) is 12.1 Å². The molecular weight excluding hydrogens is 309 g/mol. The van der Waals surface area contributed by atoms with E-state index in [9.17, 15) is 18.0 Å². The molecule has 0 saturated carbocycles. The maximum atomic E-state index is 12.0. The van der Waals surface area contributed by atoms with E-state index >= 15 is 0 Å². The molecule has 2 aromatic rings. The molecular formula is C13H8ClF3N2O2. The van der Waals surface area contributed by atoms with Crippen molar-refractivity contribution in [1.29, 1.82) is 0 Å². The van der Waals surface area contributed by atoms with Crippen LogP contribution in [-0.4, -0.2) is 17.3 Å². The fourth-order valence-corrected chi connectivity index (χ4v) is 1.64. The Morgan fingerprint density at radius 3 is 2.38 bits per heavy atom. The molecule has 0 spiro atoms. The maximum Gasteiger partial charge on any atom is 0.573 e. The molecule has 0 aliphatic rings. The third-order valence-corrected chi connectivity index (χ3v) is 2.52. The third-order valence-electron chi connectivity index (χ3n) is 2.31. The van der Waals surface area contributed by atoms with E-state index in [1.54, 1.807) is 12.1 Å². The zero-order valence-electron chi connectivity index (χ0n) is 10.3. The number of anilines is 1. The number of rotatable bonds is 3. The standard InChI is InChI=1S/C13H8ClF3N2O2/c14-10-2-1-3-11(18-10)19-12(20)8-4-6-9(7-5-8)21-13(15,16)17/h1-7H,(H,18,19,20). The summed E-state index contributed by atoms with van der Waals surface area (Å²) < 4.78 is 39.7. The summed E-state index contributed by atoms with van der Waals surface area (Å²) in [6.07, 6.45) is -4.77. The minimum absolute atomic E-state index is 0.159. The number of amides is 1. The van der Waals surface area contributed by atoms with Crippen LogP contribution in [0.3, 0.4) is 0 Å². The van der Waals surface area contributed by atoms with Crippen LogP contribution in [-0.2, 0) is 0 Å². The second kappa shape index (κ2) is 6.01. The normalized spacial score (nSPS) is 11.0. The van der Waals surface area contributed by atoms with Crippen LogP contribution in [0, 0.1) is 0 Å². The van der Waals surface area contributed by atoms with E-state index < -0.39 is 18.0 Å². The van der Waals surface area contributed by atoms with Gasteiger partial charge in [0, 0.05) is 5.56 Å². The van der Waals surface area contributed by atoms with Crippen molar-refractivity contribution in [2.45, 2.75) is 6.36 Å². The first kappa shape index (κ1) is 15.1. The number of hydrogen-bond acceptors (Lipinski definition) is 3. The van der Waals surface area contributed by atoms with E-state index in [2.05, 4.69) is 15.0 Å². The third kappa shape index (κ3) is 4.64. The highest BCUT2D eigenvalue weighted by Crippen LogP contribution is 2.23. The van der Waals surface area contributed by atoms with E-state index in [1.807, 2.05) is 0 Å². The Bertz CT molecular complexity index is 645. The van der Waals surface area contributed by atoms with Gasteiger partial charge < -0.3 is 10.1 Å². The quantitative estimate of drug-likeness (QED) is 0.874. The van der Waals surface area contributed by atoms with Crippen molar-refractivity contribution in [2.75, 3.05) is 5.32 Å². The lowest BCUT2D eigenvalue weighted by Crippen LogP contribution is -2.17. The zero-order chi connectivity index (χ0) is 15.5. The molecule has 1 heterocycles. The summed E-state index contributed by atoms with van der Waals surface area (Å²) in [4.78, 5) is 15.7. The summed E-state index contributed by atoms with van der Waals surface area (Å²) in [6, 6.07) is 9.19. The van der Waals surface area contributed by atoms with Crippen molar-refractivity contribution in [3.05, 3.63) is 53.2 Å². The number of halogens is 4. The number of ether oxygens (including phenoxy) is 1. The van der Waals surface area contributed by atoms with Crippen molar-refractivity contribution >= 4 is 23.3 Å². The highest BCUT2D eigenvalue weighted by atomic mass is 35.5. The molecule has 0 unspecified atom stereocenters. The lowest BCUT2D eigenvalue weighted by molar-refractivity contribution is -0.274. The number of nitrogens with zero attached hydrogens (tertiary/aromatic N) is 1. The predicted molar refractivity (Wildman–Crippen MR) is 70.3 cm³/mol. The van der Waals surface area contributed by atoms with Gasteiger partial charge in [-0.15, -0.1) is 13.2 Å². The molecule has 1 aromatic carbocycles. The van der Waals surface area contributed by atoms with E-state index in [0.29, 0.717) is 0 Å². The van der Waals surface area contributed by atoms with Gasteiger partial charge in [-0.1, -0.05) is 17.7 Å². The first-order chi connectivity index (χ1) is 9.83.